The molecule has 0 saturated carbocycles. The van der Waals surface area contributed by atoms with Crippen LogP contribution in [0.3, 0.4) is 0 Å². The van der Waals surface area contributed by atoms with Crippen LogP contribution in [0, 0.1) is 19.8 Å². The van der Waals surface area contributed by atoms with Crippen molar-refractivity contribution in [2.45, 2.75) is 26.7 Å². The van der Waals surface area contributed by atoms with Crippen LogP contribution in [0.1, 0.15) is 24.1 Å². The van der Waals surface area contributed by atoms with Gasteiger partial charge in [-0.1, -0.05) is 17.7 Å². The Morgan fingerprint density at radius 1 is 1.24 bits per heavy atom. The van der Waals surface area contributed by atoms with E-state index >= 15 is 0 Å². The number of rotatable bonds is 3. The quantitative estimate of drug-likeness (QED) is 0.898. The summed E-state index contributed by atoms with van der Waals surface area (Å²) in [5, 5.41) is 16.4. The number of aromatic nitrogens is 2. The Labute approximate surface area is 146 Å². The average Bonchev–Trinajstić information content (AvgIpc) is 2.96. The molecule has 1 aromatic heterocycles. The largest absolute Gasteiger partial charge is 0.481 e. The van der Waals surface area contributed by atoms with Crippen molar-refractivity contribution in [3.05, 3.63) is 41.6 Å². The van der Waals surface area contributed by atoms with Crippen LogP contribution >= 0.6 is 0 Å². The normalized spacial score (nSPS) is 17.4. The van der Waals surface area contributed by atoms with E-state index < -0.39 is 11.9 Å². The topological polar surface area (TPSA) is 87.5 Å². The van der Waals surface area contributed by atoms with Crippen molar-refractivity contribution < 1.29 is 14.7 Å². The second-order valence-corrected chi connectivity index (χ2v) is 6.47. The van der Waals surface area contributed by atoms with E-state index in [1.54, 1.807) is 15.6 Å². The predicted molar refractivity (Wildman–Crippen MR) is 94.0 cm³/mol. The molecular weight excluding hydrogens is 320 g/mol. The predicted octanol–water partition coefficient (Wildman–Crippen LogP) is 2.82. The van der Waals surface area contributed by atoms with Crippen molar-refractivity contribution in [3.8, 4) is 5.69 Å². The van der Waals surface area contributed by atoms with Crippen molar-refractivity contribution >= 4 is 17.8 Å². The molecule has 132 valence electrons. The van der Waals surface area contributed by atoms with Gasteiger partial charge in [-0.2, -0.15) is 0 Å². The summed E-state index contributed by atoms with van der Waals surface area (Å²) in [6, 6.07) is 9.46. The zero-order valence-electron chi connectivity index (χ0n) is 14.4. The summed E-state index contributed by atoms with van der Waals surface area (Å²) in [6.07, 6.45) is 1.31. The summed E-state index contributed by atoms with van der Waals surface area (Å²) < 4.78 is 1.77. The second kappa shape index (κ2) is 6.96. The minimum atomic E-state index is -0.850. The van der Waals surface area contributed by atoms with Crippen molar-refractivity contribution in [2.75, 3.05) is 18.4 Å². The molecule has 2 aromatic rings. The Morgan fingerprint density at radius 3 is 2.64 bits per heavy atom. The van der Waals surface area contributed by atoms with Crippen LogP contribution in [0.2, 0.25) is 0 Å². The number of urea groups is 1. The van der Waals surface area contributed by atoms with E-state index in [1.807, 2.05) is 38.1 Å². The van der Waals surface area contributed by atoms with E-state index in [4.69, 9.17) is 5.11 Å². The zero-order valence-corrected chi connectivity index (χ0v) is 14.4. The highest BCUT2D eigenvalue weighted by Crippen LogP contribution is 2.19. The monoisotopic (exact) mass is 342 g/mol. The lowest BCUT2D eigenvalue weighted by atomic mass is 9.99. The van der Waals surface area contributed by atoms with E-state index in [9.17, 15) is 9.59 Å². The van der Waals surface area contributed by atoms with Crippen LogP contribution in [0.5, 0.6) is 0 Å². The molecule has 1 atom stereocenters. The van der Waals surface area contributed by atoms with Crippen LogP contribution in [0.4, 0.5) is 10.6 Å². The molecule has 25 heavy (non-hydrogen) atoms. The Hall–Kier alpha value is -2.83. The van der Waals surface area contributed by atoms with E-state index in [2.05, 4.69) is 10.4 Å². The van der Waals surface area contributed by atoms with Gasteiger partial charge in [0, 0.05) is 24.8 Å². The minimum absolute atomic E-state index is 0.235. The third-order valence-electron chi connectivity index (χ3n) is 4.46. The van der Waals surface area contributed by atoms with Crippen molar-refractivity contribution in [1.82, 2.24) is 14.7 Å². The minimum Gasteiger partial charge on any atom is -0.481 e. The summed E-state index contributed by atoms with van der Waals surface area (Å²) in [4.78, 5) is 25.1. The van der Waals surface area contributed by atoms with Crippen LogP contribution < -0.4 is 5.32 Å². The number of aliphatic carboxylic acids is 1. The zero-order chi connectivity index (χ0) is 18.0. The van der Waals surface area contributed by atoms with Crippen LogP contribution in [-0.2, 0) is 4.79 Å². The number of piperidine rings is 1. The molecule has 0 aliphatic carbocycles. The van der Waals surface area contributed by atoms with E-state index in [0.29, 0.717) is 25.2 Å². The molecule has 7 nitrogen and oxygen atoms in total. The van der Waals surface area contributed by atoms with Crippen molar-refractivity contribution in [2.24, 2.45) is 5.92 Å². The van der Waals surface area contributed by atoms with Gasteiger partial charge in [-0.05, 0) is 38.8 Å². The van der Waals surface area contributed by atoms with Gasteiger partial charge in [0.05, 0.1) is 11.6 Å². The Bertz CT molecular complexity index is 782. The fourth-order valence-corrected chi connectivity index (χ4v) is 3.03. The van der Waals surface area contributed by atoms with Gasteiger partial charge in [0.25, 0.3) is 0 Å². The number of carbonyl (C=O) groups excluding carboxylic acids is 1. The SMILES string of the molecule is Cc1ccc(-n2nc(NC(=O)N3CCCC(C(=O)O)C3)cc2C)cc1. The number of aryl methyl sites for hydroxylation is 2. The summed E-state index contributed by atoms with van der Waals surface area (Å²) >= 11 is 0. The third-order valence-corrected chi connectivity index (χ3v) is 4.46. The fourth-order valence-electron chi connectivity index (χ4n) is 3.03. The number of hydrogen-bond acceptors (Lipinski definition) is 3. The standard InChI is InChI=1S/C18H22N4O3/c1-12-5-7-15(8-6-12)22-13(2)10-16(20-22)19-18(25)21-9-3-4-14(11-21)17(23)24/h5-8,10,14H,3-4,9,11H2,1-2H3,(H,23,24)(H,19,20,25). The van der Waals surface area contributed by atoms with Gasteiger partial charge in [0.1, 0.15) is 0 Å². The van der Waals surface area contributed by atoms with Gasteiger partial charge in [-0.15, -0.1) is 5.10 Å². The fraction of sp³-hybridized carbons (Fsp3) is 0.389. The molecule has 3 rings (SSSR count). The molecule has 0 bridgehead atoms. The summed E-state index contributed by atoms with van der Waals surface area (Å²) in [6.45, 7) is 4.74. The highest BCUT2D eigenvalue weighted by molar-refractivity contribution is 5.89. The van der Waals surface area contributed by atoms with Gasteiger partial charge >= 0.3 is 12.0 Å². The van der Waals surface area contributed by atoms with Gasteiger partial charge in [-0.25, -0.2) is 9.48 Å². The molecular formula is C18H22N4O3. The third kappa shape index (κ3) is 3.81. The number of carbonyl (C=O) groups is 2. The van der Waals surface area contributed by atoms with E-state index in [-0.39, 0.29) is 12.6 Å². The number of carboxylic acids is 1. The Morgan fingerprint density at radius 2 is 1.96 bits per heavy atom. The number of anilines is 1. The number of amides is 2. The number of nitrogens with zero attached hydrogens (tertiary/aromatic N) is 3. The van der Waals surface area contributed by atoms with Gasteiger partial charge in [0.15, 0.2) is 5.82 Å². The molecule has 1 unspecified atom stereocenters. The highest BCUT2D eigenvalue weighted by Gasteiger charge is 2.28. The maximum atomic E-state index is 12.4. The molecule has 0 radical (unpaired) electrons. The number of benzene rings is 1. The van der Waals surface area contributed by atoms with Crippen LogP contribution in [-0.4, -0.2) is 44.9 Å². The first-order valence-corrected chi connectivity index (χ1v) is 8.36. The molecule has 1 aliphatic rings. The average molecular weight is 342 g/mol. The second-order valence-electron chi connectivity index (χ2n) is 6.47. The first-order chi connectivity index (χ1) is 11.9. The number of nitrogens with one attached hydrogen (secondary N) is 1. The molecule has 2 heterocycles. The lowest BCUT2D eigenvalue weighted by molar-refractivity contribution is -0.143. The summed E-state index contributed by atoms with van der Waals surface area (Å²) in [7, 11) is 0. The molecule has 1 saturated heterocycles. The van der Waals surface area contributed by atoms with Crippen molar-refractivity contribution in [3.63, 3.8) is 0 Å². The molecule has 0 spiro atoms. The van der Waals surface area contributed by atoms with E-state index in [0.717, 1.165) is 11.4 Å². The molecule has 2 N–H and O–H groups in total. The number of hydrogen-bond donors (Lipinski definition) is 2. The smallest absolute Gasteiger partial charge is 0.323 e. The lowest BCUT2D eigenvalue weighted by Gasteiger charge is -2.30. The maximum Gasteiger partial charge on any atom is 0.323 e. The molecule has 1 fully saturated rings. The van der Waals surface area contributed by atoms with Crippen molar-refractivity contribution in [1.29, 1.82) is 0 Å². The van der Waals surface area contributed by atoms with Crippen LogP contribution in [0.25, 0.3) is 5.69 Å². The number of likely N-dealkylation sites (tertiary alicyclic amines) is 1. The molecule has 1 aliphatic heterocycles. The van der Waals surface area contributed by atoms with Crippen LogP contribution in [0.15, 0.2) is 30.3 Å². The van der Waals surface area contributed by atoms with Gasteiger partial charge < -0.3 is 10.0 Å². The van der Waals surface area contributed by atoms with Gasteiger partial charge in [0.2, 0.25) is 0 Å². The first-order valence-electron chi connectivity index (χ1n) is 8.36. The summed E-state index contributed by atoms with van der Waals surface area (Å²) in [5.74, 6) is -0.885. The maximum absolute atomic E-state index is 12.4. The number of carboxylic acid groups (broad SMARTS) is 1. The molecule has 1 aromatic carbocycles. The van der Waals surface area contributed by atoms with Gasteiger partial charge in [-0.3, -0.25) is 10.1 Å². The lowest BCUT2D eigenvalue weighted by Crippen LogP contribution is -2.44. The van der Waals surface area contributed by atoms with E-state index in [1.165, 1.54) is 5.56 Å². The Kier molecular flexibility index (Phi) is 4.74. The molecule has 7 heteroatoms. The first kappa shape index (κ1) is 17.0. The summed E-state index contributed by atoms with van der Waals surface area (Å²) in [5.41, 5.74) is 2.99. The molecule has 2 amide bonds. The highest BCUT2D eigenvalue weighted by atomic mass is 16.4. The Balaban J connectivity index is 1.71.